The first kappa shape index (κ1) is 19.9. The second kappa shape index (κ2) is 9.35. The minimum atomic E-state index is -0.362. The van der Waals surface area contributed by atoms with Crippen LogP contribution >= 0.6 is 11.3 Å². The van der Waals surface area contributed by atoms with Crippen molar-refractivity contribution in [2.45, 2.75) is 51.5 Å². The van der Waals surface area contributed by atoms with Gasteiger partial charge < -0.3 is 15.1 Å². The molecular weight excluding hydrogens is 362 g/mol. The van der Waals surface area contributed by atoms with Crippen molar-refractivity contribution in [2.75, 3.05) is 26.2 Å². The Morgan fingerprint density at radius 3 is 2.59 bits per heavy atom. The van der Waals surface area contributed by atoms with Gasteiger partial charge in [0.15, 0.2) is 0 Å². The van der Waals surface area contributed by atoms with Crippen LogP contribution in [0.25, 0.3) is 0 Å². The molecule has 2 fully saturated rings. The molecule has 1 aromatic rings. The summed E-state index contributed by atoms with van der Waals surface area (Å²) >= 11 is 1.42. The number of carbonyl (C=O) groups is 3. The van der Waals surface area contributed by atoms with E-state index in [1.165, 1.54) is 11.3 Å². The minimum absolute atomic E-state index is 0.00388. The molecule has 1 atom stereocenters. The summed E-state index contributed by atoms with van der Waals surface area (Å²) in [5, 5.41) is 4.84. The van der Waals surface area contributed by atoms with Gasteiger partial charge in [-0.2, -0.15) is 0 Å². The number of likely N-dealkylation sites (tertiary alicyclic amines) is 2. The molecule has 1 aromatic heterocycles. The van der Waals surface area contributed by atoms with E-state index < -0.39 is 0 Å². The third-order valence-corrected chi connectivity index (χ3v) is 6.37. The first-order valence-electron chi connectivity index (χ1n) is 10.0. The molecule has 1 unspecified atom stereocenters. The summed E-state index contributed by atoms with van der Waals surface area (Å²) in [6.45, 7) is 4.58. The summed E-state index contributed by atoms with van der Waals surface area (Å²) < 4.78 is 0. The maximum atomic E-state index is 13.1. The number of amides is 3. The average molecular weight is 392 g/mol. The molecule has 2 saturated heterocycles. The molecule has 0 saturated carbocycles. The molecule has 0 radical (unpaired) electrons. The minimum Gasteiger partial charge on any atom is -0.356 e. The van der Waals surface area contributed by atoms with Crippen LogP contribution in [0.1, 0.15) is 55.1 Å². The second-order valence-corrected chi connectivity index (χ2v) is 8.33. The summed E-state index contributed by atoms with van der Waals surface area (Å²) in [5.74, 6) is 0.121. The van der Waals surface area contributed by atoms with E-state index in [-0.39, 0.29) is 29.7 Å². The lowest BCUT2D eigenvalue weighted by Crippen LogP contribution is -2.54. The van der Waals surface area contributed by atoms with Crippen LogP contribution in [0.3, 0.4) is 0 Å². The predicted octanol–water partition coefficient (Wildman–Crippen LogP) is 2.51. The monoisotopic (exact) mass is 391 g/mol. The molecule has 0 spiro atoms. The molecule has 6 nitrogen and oxygen atoms in total. The summed E-state index contributed by atoms with van der Waals surface area (Å²) in [6, 6.07) is 3.33. The molecule has 3 heterocycles. The Bertz CT molecular complexity index is 653. The van der Waals surface area contributed by atoms with Crippen molar-refractivity contribution in [1.82, 2.24) is 15.1 Å². The van der Waals surface area contributed by atoms with Gasteiger partial charge in [-0.25, -0.2) is 0 Å². The summed E-state index contributed by atoms with van der Waals surface area (Å²) in [5.41, 5.74) is 0. The fourth-order valence-electron chi connectivity index (χ4n) is 3.94. The van der Waals surface area contributed by atoms with Crippen LogP contribution in [0.4, 0.5) is 0 Å². The zero-order valence-electron chi connectivity index (χ0n) is 16.0. The molecular formula is C20H29N3O3S. The standard InChI is InChI=1S/C20H29N3O3S/c1-2-10-21-18(24)15-8-12-22(13-9-15)19(25)16-6-3-4-11-23(16)20(26)17-7-5-14-27-17/h5,7,14-16H,2-4,6,8-13H2,1H3,(H,21,24). The van der Waals surface area contributed by atoms with E-state index in [1.807, 2.05) is 29.3 Å². The van der Waals surface area contributed by atoms with Crippen molar-refractivity contribution < 1.29 is 14.4 Å². The Morgan fingerprint density at radius 2 is 1.93 bits per heavy atom. The largest absolute Gasteiger partial charge is 0.356 e. The number of hydrogen-bond acceptors (Lipinski definition) is 4. The fraction of sp³-hybridized carbons (Fsp3) is 0.650. The second-order valence-electron chi connectivity index (χ2n) is 7.38. The summed E-state index contributed by atoms with van der Waals surface area (Å²) in [6.07, 6.45) is 4.98. The molecule has 0 aliphatic carbocycles. The Morgan fingerprint density at radius 1 is 1.15 bits per heavy atom. The van der Waals surface area contributed by atoms with E-state index in [4.69, 9.17) is 0 Å². The summed E-state index contributed by atoms with van der Waals surface area (Å²) in [4.78, 5) is 42.4. The van der Waals surface area contributed by atoms with Crippen molar-refractivity contribution in [3.63, 3.8) is 0 Å². The van der Waals surface area contributed by atoms with Gasteiger partial charge in [-0.05, 0) is 50.0 Å². The van der Waals surface area contributed by atoms with Crippen molar-refractivity contribution >= 4 is 29.1 Å². The molecule has 148 valence electrons. The van der Waals surface area contributed by atoms with Gasteiger partial charge in [-0.15, -0.1) is 11.3 Å². The fourth-order valence-corrected chi connectivity index (χ4v) is 4.62. The number of thiophene rings is 1. The first-order chi connectivity index (χ1) is 13.1. The molecule has 27 heavy (non-hydrogen) atoms. The van der Waals surface area contributed by atoms with E-state index in [1.54, 1.807) is 4.90 Å². The zero-order valence-corrected chi connectivity index (χ0v) is 16.8. The number of hydrogen-bond donors (Lipinski definition) is 1. The lowest BCUT2D eigenvalue weighted by molar-refractivity contribution is -0.140. The van der Waals surface area contributed by atoms with Crippen LogP contribution in [-0.2, 0) is 9.59 Å². The average Bonchev–Trinajstić information content (AvgIpc) is 3.26. The normalized spacial score (nSPS) is 21.1. The first-order valence-corrected chi connectivity index (χ1v) is 10.9. The Balaban J connectivity index is 1.59. The van der Waals surface area contributed by atoms with Crippen LogP contribution in [0.15, 0.2) is 17.5 Å². The SMILES string of the molecule is CCCNC(=O)C1CCN(C(=O)C2CCCCN2C(=O)c2cccs2)CC1. The topological polar surface area (TPSA) is 69.7 Å². The lowest BCUT2D eigenvalue weighted by Gasteiger charge is -2.39. The third kappa shape index (κ3) is 4.69. The molecule has 2 aliphatic heterocycles. The number of piperidine rings is 2. The highest BCUT2D eigenvalue weighted by Gasteiger charge is 2.37. The van der Waals surface area contributed by atoms with E-state index in [0.717, 1.165) is 25.7 Å². The van der Waals surface area contributed by atoms with Gasteiger partial charge in [-0.3, -0.25) is 14.4 Å². The number of carbonyl (C=O) groups excluding carboxylic acids is 3. The molecule has 0 aromatic carbocycles. The van der Waals surface area contributed by atoms with E-state index >= 15 is 0 Å². The highest BCUT2D eigenvalue weighted by atomic mass is 32.1. The molecule has 7 heteroatoms. The Labute approximate surface area is 164 Å². The van der Waals surface area contributed by atoms with E-state index in [0.29, 0.717) is 43.9 Å². The number of nitrogens with zero attached hydrogens (tertiary/aromatic N) is 2. The van der Waals surface area contributed by atoms with Crippen LogP contribution in [0, 0.1) is 5.92 Å². The zero-order chi connectivity index (χ0) is 19.2. The number of nitrogens with one attached hydrogen (secondary N) is 1. The van der Waals surface area contributed by atoms with Crippen molar-refractivity contribution in [3.8, 4) is 0 Å². The highest BCUT2D eigenvalue weighted by molar-refractivity contribution is 7.12. The van der Waals surface area contributed by atoms with Gasteiger partial charge in [0.2, 0.25) is 11.8 Å². The maximum absolute atomic E-state index is 13.1. The van der Waals surface area contributed by atoms with Crippen LogP contribution in [-0.4, -0.2) is 59.7 Å². The van der Waals surface area contributed by atoms with Gasteiger partial charge >= 0.3 is 0 Å². The van der Waals surface area contributed by atoms with Crippen molar-refractivity contribution in [2.24, 2.45) is 5.92 Å². The predicted molar refractivity (Wildman–Crippen MR) is 106 cm³/mol. The smallest absolute Gasteiger partial charge is 0.264 e. The molecule has 3 amide bonds. The molecule has 2 aliphatic rings. The molecule has 0 bridgehead atoms. The van der Waals surface area contributed by atoms with Gasteiger partial charge in [0.25, 0.3) is 5.91 Å². The maximum Gasteiger partial charge on any atom is 0.264 e. The third-order valence-electron chi connectivity index (χ3n) is 5.51. The Hall–Kier alpha value is -1.89. The van der Waals surface area contributed by atoms with Crippen LogP contribution in [0.2, 0.25) is 0 Å². The summed E-state index contributed by atoms with van der Waals surface area (Å²) in [7, 11) is 0. The van der Waals surface area contributed by atoms with Gasteiger partial charge in [-0.1, -0.05) is 13.0 Å². The highest BCUT2D eigenvalue weighted by Crippen LogP contribution is 2.25. The van der Waals surface area contributed by atoms with Crippen molar-refractivity contribution in [1.29, 1.82) is 0 Å². The van der Waals surface area contributed by atoms with Crippen molar-refractivity contribution in [3.05, 3.63) is 22.4 Å². The van der Waals surface area contributed by atoms with Crippen LogP contribution < -0.4 is 5.32 Å². The molecule has 3 rings (SSSR count). The quantitative estimate of drug-likeness (QED) is 0.838. The molecule has 1 N–H and O–H groups in total. The lowest BCUT2D eigenvalue weighted by atomic mass is 9.94. The van der Waals surface area contributed by atoms with Gasteiger partial charge in [0.05, 0.1) is 4.88 Å². The van der Waals surface area contributed by atoms with Gasteiger partial charge in [0, 0.05) is 32.1 Å². The van der Waals surface area contributed by atoms with E-state index in [9.17, 15) is 14.4 Å². The van der Waals surface area contributed by atoms with Crippen LogP contribution in [0.5, 0.6) is 0 Å². The van der Waals surface area contributed by atoms with E-state index in [2.05, 4.69) is 5.32 Å². The Kier molecular flexibility index (Phi) is 6.88. The van der Waals surface area contributed by atoms with Gasteiger partial charge in [0.1, 0.15) is 6.04 Å². The number of rotatable bonds is 5.